The molecule has 0 aliphatic heterocycles. The molecule has 6 heteroatoms. The third-order valence-electron chi connectivity index (χ3n) is 3.50. The van der Waals surface area contributed by atoms with Gasteiger partial charge >= 0.3 is 0 Å². The van der Waals surface area contributed by atoms with Gasteiger partial charge in [-0.05, 0) is 32.9 Å². The minimum Gasteiger partial charge on any atom is -0.298 e. The Morgan fingerprint density at radius 1 is 1.18 bits per heavy atom. The summed E-state index contributed by atoms with van der Waals surface area (Å²) in [6, 6.07) is 9.74. The summed E-state index contributed by atoms with van der Waals surface area (Å²) >= 11 is 1.48. The van der Waals surface area contributed by atoms with Gasteiger partial charge in [0, 0.05) is 4.88 Å². The van der Waals surface area contributed by atoms with Crippen molar-refractivity contribution in [2.24, 2.45) is 0 Å². The number of hydrogen-bond acceptors (Lipinski definition) is 4. The van der Waals surface area contributed by atoms with E-state index in [1.807, 2.05) is 51.1 Å². The van der Waals surface area contributed by atoms with Crippen LogP contribution in [0.15, 0.2) is 36.5 Å². The van der Waals surface area contributed by atoms with Crippen molar-refractivity contribution in [2.45, 2.75) is 20.8 Å². The van der Waals surface area contributed by atoms with Gasteiger partial charge in [0.1, 0.15) is 0 Å². The highest BCUT2D eigenvalue weighted by molar-refractivity contribution is 7.15. The van der Waals surface area contributed by atoms with E-state index in [1.165, 1.54) is 11.3 Å². The van der Waals surface area contributed by atoms with Gasteiger partial charge < -0.3 is 0 Å². The highest BCUT2D eigenvalue weighted by atomic mass is 32.1. The van der Waals surface area contributed by atoms with Crippen molar-refractivity contribution in [2.75, 3.05) is 5.32 Å². The number of amides is 1. The van der Waals surface area contributed by atoms with E-state index in [9.17, 15) is 4.79 Å². The van der Waals surface area contributed by atoms with Crippen molar-refractivity contribution in [3.63, 3.8) is 0 Å². The predicted molar refractivity (Wildman–Crippen MR) is 87.8 cm³/mol. The first kappa shape index (κ1) is 14.5. The van der Waals surface area contributed by atoms with E-state index < -0.39 is 0 Å². The second kappa shape index (κ2) is 5.73. The van der Waals surface area contributed by atoms with Crippen LogP contribution < -0.4 is 5.32 Å². The first-order chi connectivity index (χ1) is 10.6. The maximum absolute atomic E-state index is 12.4. The van der Waals surface area contributed by atoms with Gasteiger partial charge in [0.05, 0.1) is 28.8 Å². The zero-order chi connectivity index (χ0) is 15.7. The molecule has 0 bridgehead atoms. The van der Waals surface area contributed by atoms with Gasteiger partial charge in [0.15, 0.2) is 5.13 Å². The van der Waals surface area contributed by atoms with E-state index in [-0.39, 0.29) is 5.91 Å². The molecule has 1 amide bonds. The molecule has 3 rings (SSSR count). The minimum absolute atomic E-state index is 0.187. The highest BCUT2D eigenvalue weighted by Gasteiger charge is 2.16. The minimum atomic E-state index is -0.187. The maximum Gasteiger partial charge on any atom is 0.260 e. The van der Waals surface area contributed by atoms with Gasteiger partial charge in [0.25, 0.3) is 5.91 Å². The first-order valence-corrected chi connectivity index (χ1v) is 7.73. The second-order valence-corrected chi connectivity index (χ2v) is 6.21. The molecule has 2 heterocycles. The molecule has 1 N–H and O–H groups in total. The highest BCUT2D eigenvalue weighted by Crippen LogP contribution is 2.22. The van der Waals surface area contributed by atoms with Crippen molar-refractivity contribution < 1.29 is 4.79 Å². The van der Waals surface area contributed by atoms with E-state index in [2.05, 4.69) is 15.4 Å². The summed E-state index contributed by atoms with van der Waals surface area (Å²) < 4.78 is 1.76. The number of thiazole rings is 1. The number of nitrogens with one attached hydrogen (secondary N) is 1. The van der Waals surface area contributed by atoms with Gasteiger partial charge in [-0.25, -0.2) is 9.67 Å². The third kappa shape index (κ3) is 2.65. The van der Waals surface area contributed by atoms with E-state index >= 15 is 0 Å². The van der Waals surface area contributed by atoms with E-state index in [4.69, 9.17) is 0 Å². The SMILES string of the molecule is Cc1nc(NC(=O)c2cnn(-c3ccccc3)c2C)sc1C. The lowest BCUT2D eigenvalue weighted by Gasteiger charge is -2.05. The molecular weight excluding hydrogens is 296 g/mol. The topological polar surface area (TPSA) is 59.8 Å². The summed E-state index contributed by atoms with van der Waals surface area (Å²) in [4.78, 5) is 17.8. The Morgan fingerprint density at radius 2 is 1.91 bits per heavy atom. The molecule has 22 heavy (non-hydrogen) atoms. The molecule has 0 saturated carbocycles. The molecule has 1 aromatic carbocycles. The third-order valence-corrected chi connectivity index (χ3v) is 4.49. The molecule has 3 aromatic rings. The molecule has 0 saturated heterocycles. The zero-order valence-electron chi connectivity index (χ0n) is 12.6. The van der Waals surface area contributed by atoms with Crippen molar-refractivity contribution >= 4 is 22.4 Å². The number of aromatic nitrogens is 3. The first-order valence-electron chi connectivity index (χ1n) is 6.91. The Balaban J connectivity index is 1.86. The number of rotatable bonds is 3. The van der Waals surface area contributed by atoms with Crippen LogP contribution in [0.1, 0.15) is 26.6 Å². The quantitative estimate of drug-likeness (QED) is 0.805. The van der Waals surface area contributed by atoms with Gasteiger partial charge in [-0.15, -0.1) is 11.3 Å². The Morgan fingerprint density at radius 3 is 2.55 bits per heavy atom. The lowest BCUT2D eigenvalue weighted by Crippen LogP contribution is -2.13. The molecule has 5 nitrogen and oxygen atoms in total. The molecule has 0 aliphatic rings. The molecule has 0 unspecified atom stereocenters. The Bertz CT molecular complexity index is 801. The zero-order valence-corrected chi connectivity index (χ0v) is 13.4. The maximum atomic E-state index is 12.4. The molecule has 0 atom stereocenters. The van der Waals surface area contributed by atoms with Crippen LogP contribution in [-0.2, 0) is 0 Å². The Kier molecular flexibility index (Phi) is 3.77. The molecular formula is C16H16N4OS. The van der Waals surface area contributed by atoms with Gasteiger partial charge in [-0.1, -0.05) is 18.2 Å². The Labute approximate surface area is 132 Å². The molecule has 0 spiro atoms. The van der Waals surface area contributed by atoms with Crippen molar-refractivity contribution in [3.8, 4) is 5.69 Å². The molecule has 0 fully saturated rings. The van der Waals surface area contributed by atoms with Crippen LogP contribution in [0.25, 0.3) is 5.69 Å². The van der Waals surface area contributed by atoms with Crippen molar-refractivity contribution in [3.05, 3.63) is 58.4 Å². The van der Waals surface area contributed by atoms with Crippen LogP contribution in [0.4, 0.5) is 5.13 Å². The van der Waals surface area contributed by atoms with Crippen LogP contribution in [-0.4, -0.2) is 20.7 Å². The fraction of sp³-hybridized carbons (Fsp3) is 0.188. The van der Waals surface area contributed by atoms with Crippen LogP contribution in [0.2, 0.25) is 0 Å². The summed E-state index contributed by atoms with van der Waals surface area (Å²) in [6.07, 6.45) is 1.59. The van der Waals surface area contributed by atoms with E-state index in [0.717, 1.165) is 22.0 Å². The van der Waals surface area contributed by atoms with Crippen molar-refractivity contribution in [1.29, 1.82) is 0 Å². The van der Waals surface area contributed by atoms with Crippen LogP contribution in [0.3, 0.4) is 0 Å². The van der Waals surface area contributed by atoms with E-state index in [0.29, 0.717) is 10.7 Å². The summed E-state index contributed by atoms with van der Waals surface area (Å²) in [5.74, 6) is -0.187. The van der Waals surface area contributed by atoms with Crippen LogP contribution in [0.5, 0.6) is 0 Å². The number of anilines is 1. The average molecular weight is 312 g/mol. The number of aryl methyl sites for hydroxylation is 2. The number of nitrogens with zero attached hydrogens (tertiary/aromatic N) is 3. The largest absolute Gasteiger partial charge is 0.298 e. The summed E-state index contributed by atoms with van der Waals surface area (Å²) in [6.45, 7) is 5.80. The monoisotopic (exact) mass is 312 g/mol. The fourth-order valence-electron chi connectivity index (χ4n) is 2.15. The number of carbonyl (C=O) groups is 1. The average Bonchev–Trinajstić information content (AvgIpc) is 3.03. The molecule has 112 valence electrons. The lowest BCUT2D eigenvalue weighted by atomic mass is 10.2. The summed E-state index contributed by atoms with van der Waals surface area (Å²) in [5, 5.41) is 7.77. The van der Waals surface area contributed by atoms with Gasteiger partial charge in [-0.3, -0.25) is 10.1 Å². The normalized spacial score (nSPS) is 10.7. The number of para-hydroxylation sites is 1. The van der Waals surface area contributed by atoms with Crippen LogP contribution in [0, 0.1) is 20.8 Å². The molecule has 0 radical (unpaired) electrons. The fourth-order valence-corrected chi connectivity index (χ4v) is 2.96. The second-order valence-electron chi connectivity index (χ2n) is 5.01. The molecule has 0 aliphatic carbocycles. The standard InChI is InChI=1S/C16H16N4OS/c1-10-12(3)22-16(18-10)19-15(21)14-9-17-20(11(14)2)13-7-5-4-6-8-13/h4-9H,1-3H3,(H,18,19,21). The Hall–Kier alpha value is -2.47. The number of hydrogen-bond donors (Lipinski definition) is 1. The van der Waals surface area contributed by atoms with Gasteiger partial charge in [0.2, 0.25) is 0 Å². The van der Waals surface area contributed by atoms with Crippen LogP contribution >= 0.6 is 11.3 Å². The van der Waals surface area contributed by atoms with E-state index in [1.54, 1.807) is 10.9 Å². The summed E-state index contributed by atoms with van der Waals surface area (Å²) in [5.41, 5.74) is 3.22. The number of carbonyl (C=O) groups excluding carboxylic acids is 1. The smallest absolute Gasteiger partial charge is 0.260 e. The van der Waals surface area contributed by atoms with Crippen molar-refractivity contribution in [1.82, 2.24) is 14.8 Å². The number of benzene rings is 1. The lowest BCUT2D eigenvalue weighted by molar-refractivity contribution is 0.102. The summed E-state index contributed by atoms with van der Waals surface area (Å²) in [7, 11) is 0. The van der Waals surface area contributed by atoms with Gasteiger partial charge in [-0.2, -0.15) is 5.10 Å². The molecule has 2 aromatic heterocycles. The predicted octanol–water partition coefficient (Wildman–Crippen LogP) is 3.51.